The van der Waals surface area contributed by atoms with Gasteiger partial charge in [0.05, 0.1) is 12.8 Å². The van der Waals surface area contributed by atoms with Gasteiger partial charge < -0.3 is 15.2 Å². The van der Waals surface area contributed by atoms with Crippen LogP contribution in [-0.4, -0.2) is 45.9 Å². The molecular weight excluding hydrogens is 356 g/mol. The summed E-state index contributed by atoms with van der Waals surface area (Å²) >= 11 is 5.91. The number of nitrogens with one attached hydrogen (secondary N) is 1. The maximum atomic E-state index is 12.3. The number of ether oxygens (including phenoxy) is 1. The molecule has 2 heterocycles. The molecule has 0 atom stereocenters. The number of rotatable bonds is 6. The monoisotopic (exact) mass is 374 g/mol. The highest BCUT2D eigenvalue weighted by molar-refractivity contribution is 6.30. The van der Waals surface area contributed by atoms with Gasteiger partial charge in [0.25, 0.3) is 5.91 Å². The Morgan fingerprint density at radius 3 is 2.77 bits per heavy atom. The molecule has 0 saturated heterocycles. The van der Waals surface area contributed by atoms with E-state index in [4.69, 9.17) is 16.3 Å². The average molecular weight is 375 g/mol. The summed E-state index contributed by atoms with van der Waals surface area (Å²) in [6.07, 6.45) is 1.88. The van der Waals surface area contributed by atoms with Crippen LogP contribution in [0.1, 0.15) is 27.2 Å². The smallest absolute Gasteiger partial charge is 0.256 e. The summed E-state index contributed by atoms with van der Waals surface area (Å²) in [6, 6.07) is 7.38. The predicted octanol–water partition coefficient (Wildman–Crippen LogP) is 2.36. The van der Waals surface area contributed by atoms with E-state index >= 15 is 0 Å². The molecule has 0 spiro atoms. The maximum Gasteiger partial charge on any atom is 0.256 e. The van der Waals surface area contributed by atoms with Crippen molar-refractivity contribution in [3.63, 3.8) is 0 Å². The van der Waals surface area contributed by atoms with Crippen molar-refractivity contribution in [3.05, 3.63) is 57.9 Å². The number of aromatic hydroxyl groups is 1. The molecule has 0 bridgehead atoms. The molecule has 0 aliphatic rings. The van der Waals surface area contributed by atoms with Gasteiger partial charge in [0.1, 0.15) is 5.56 Å². The standard InChI is InChI=1S/C18H19ClN4O3/c1-11-14(9-12-3-5-13(19)6-4-12)18(25)23-16(22-11)15(10-21-23)17(24)20-7-8-26-2/h3-6,10,25H,7-9H2,1-2H3,(H,20,24). The molecule has 0 aliphatic heterocycles. The van der Waals surface area contributed by atoms with E-state index in [1.165, 1.54) is 10.7 Å². The third-order valence-corrected chi connectivity index (χ3v) is 4.31. The number of fused-ring (bicyclic) bond motifs is 1. The van der Waals surface area contributed by atoms with Crippen LogP contribution < -0.4 is 5.32 Å². The SMILES string of the molecule is COCCNC(=O)c1cnn2c(O)c(Cc3ccc(Cl)cc3)c(C)nc12. The van der Waals surface area contributed by atoms with E-state index in [2.05, 4.69) is 15.4 Å². The third kappa shape index (κ3) is 3.63. The van der Waals surface area contributed by atoms with Crippen LogP contribution in [0.3, 0.4) is 0 Å². The lowest BCUT2D eigenvalue weighted by molar-refractivity contribution is 0.0938. The summed E-state index contributed by atoms with van der Waals surface area (Å²) in [5.74, 6) is -0.341. The second-order valence-corrected chi connectivity index (χ2v) is 6.28. The van der Waals surface area contributed by atoms with Crippen LogP contribution in [0, 0.1) is 6.92 Å². The zero-order valence-electron chi connectivity index (χ0n) is 14.5. The molecular formula is C18H19ClN4O3. The van der Waals surface area contributed by atoms with Crippen molar-refractivity contribution in [1.29, 1.82) is 0 Å². The molecule has 3 rings (SSSR count). The Labute approximate surface area is 155 Å². The molecule has 0 aliphatic carbocycles. The van der Waals surface area contributed by atoms with Crippen LogP contribution in [0.25, 0.3) is 5.65 Å². The molecule has 7 nitrogen and oxygen atoms in total. The van der Waals surface area contributed by atoms with Crippen LogP contribution in [0.2, 0.25) is 5.02 Å². The van der Waals surface area contributed by atoms with E-state index in [0.717, 1.165) is 5.56 Å². The highest BCUT2D eigenvalue weighted by Crippen LogP contribution is 2.26. The fourth-order valence-electron chi connectivity index (χ4n) is 2.66. The number of hydrogen-bond donors (Lipinski definition) is 2. The molecule has 0 radical (unpaired) electrons. The van der Waals surface area contributed by atoms with E-state index < -0.39 is 0 Å². The minimum Gasteiger partial charge on any atom is -0.493 e. The first-order chi connectivity index (χ1) is 12.5. The predicted molar refractivity (Wildman–Crippen MR) is 97.9 cm³/mol. The summed E-state index contributed by atoms with van der Waals surface area (Å²) in [7, 11) is 1.56. The number of halogens is 1. The average Bonchev–Trinajstić information content (AvgIpc) is 3.04. The van der Waals surface area contributed by atoms with E-state index in [0.29, 0.717) is 47.1 Å². The molecule has 8 heteroatoms. The van der Waals surface area contributed by atoms with Crippen molar-refractivity contribution in [2.75, 3.05) is 20.3 Å². The molecule has 1 aromatic carbocycles. The van der Waals surface area contributed by atoms with Gasteiger partial charge in [-0.15, -0.1) is 0 Å². The molecule has 1 amide bonds. The Morgan fingerprint density at radius 1 is 1.35 bits per heavy atom. The zero-order chi connectivity index (χ0) is 18.7. The van der Waals surface area contributed by atoms with Gasteiger partial charge in [-0.2, -0.15) is 9.61 Å². The minimum atomic E-state index is -0.311. The number of benzene rings is 1. The number of carbonyl (C=O) groups excluding carboxylic acids is 1. The first-order valence-electron chi connectivity index (χ1n) is 8.09. The Hall–Kier alpha value is -2.64. The van der Waals surface area contributed by atoms with Gasteiger partial charge in [-0.1, -0.05) is 23.7 Å². The quantitative estimate of drug-likeness (QED) is 0.646. The summed E-state index contributed by atoms with van der Waals surface area (Å²) in [4.78, 5) is 16.8. The number of carbonyl (C=O) groups is 1. The van der Waals surface area contributed by atoms with Crippen molar-refractivity contribution >= 4 is 23.2 Å². The van der Waals surface area contributed by atoms with E-state index in [-0.39, 0.29) is 11.8 Å². The molecule has 2 N–H and O–H groups in total. The topological polar surface area (TPSA) is 88.8 Å². The van der Waals surface area contributed by atoms with Gasteiger partial charge in [0.15, 0.2) is 5.65 Å². The molecule has 0 saturated carbocycles. The first kappa shape index (κ1) is 18.2. The second kappa shape index (κ2) is 7.72. The Morgan fingerprint density at radius 2 is 2.08 bits per heavy atom. The fraction of sp³-hybridized carbons (Fsp3) is 0.278. The van der Waals surface area contributed by atoms with Crippen molar-refractivity contribution in [2.24, 2.45) is 0 Å². The van der Waals surface area contributed by atoms with Crippen molar-refractivity contribution < 1.29 is 14.6 Å². The third-order valence-electron chi connectivity index (χ3n) is 4.06. The summed E-state index contributed by atoms with van der Waals surface area (Å²) in [5.41, 5.74) is 2.89. The minimum absolute atomic E-state index is 0.0293. The normalized spacial score (nSPS) is 11.0. The second-order valence-electron chi connectivity index (χ2n) is 5.84. The molecule has 3 aromatic rings. The first-order valence-corrected chi connectivity index (χ1v) is 8.46. The van der Waals surface area contributed by atoms with Gasteiger partial charge in [-0.3, -0.25) is 4.79 Å². The van der Waals surface area contributed by atoms with E-state index in [1.54, 1.807) is 26.2 Å². The van der Waals surface area contributed by atoms with Gasteiger partial charge in [-0.05, 0) is 24.6 Å². The number of hydrogen-bond acceptors (Lipinski definition) is 5. The van der Waals surface area contributed by atoms with Crippen LogP contribution in [0.4, 0.5) is 0 Å². The largest absolute Gasteiger partial charge is 0.493 e. The highest BCUT2D eigenvalue weighted by Gasteiger charge is 2.19. The molecule has 2 aromatic heterocycles. The number of amides is 1. The lowest BCUT2D eigenvalue weighted by atomic mass is 10.0. The number of methoxy groups -OCH3 is 1. The van der Waals surface area contributed by atoms with E-state index in [9.17, 15) is 9.90 Å². The lowest BCUT2D eigenvalue weighted by Gasteiger charge is -2.10. The van der Waals surface area contributed by atoms with Gasteiger partial charge >= 0.3 is 0 Å². The van der Waals surface area contributed by atoms with Crippen molar-refractivity contribution in [1.82, 2.24) is 19.9 Å². The summed E-state index contributed by atoms with van der Waals surface area (Å²) < 4.78 is 6.20. The van der Waals surface area contributed by atoms with Gasteiger partial charge in [0, 0.05) is 36.4 Å². The summed E-state index contributed by atoms with van der Waals surface area (Å²) in [5, 5.41) is 18.1. The van der Waals surface area contributed by atoms with Gasteiger partial charge in [-0.25, -0.2) is 4.98 Å². The molecule has 136 valence electrons. The molecule has 0 unspecified atom stereocenters. The van der Waals surface area contributed by atoms with E-state index in [1.807, 2.05) is 12.1 Å². The number of aromatic nitrogens is 3. The Bertz CT molecular complexity index is 938. The van der Waals surface area contributed by atoms with Crippen LogP contribution >= 0.6 is 11.6 Å². The number of aryl methyl sites for hydroxylation is 1. The fourth-order valence-corrected chi connectivity index (χ4v) is 2.78. The Balaban J connectivity index is 1.93. The summed E-state index contributed by atoms with van der Waals surface area (Å²) in [6.45, 7) is 2.59. The lowest BCUT2D eigenvalue weighted by Crippen LogP contribution is -2.27. The van der Waals surface area contributed by atoms with Crippen LogP contribution in [0.15, 0.2) is 30.5 Å². The van der Waals surface area contributed by atoms with Crippen molar-refractivity contribution in [2.45, 2.75) is 13.3 Å². The Kier molecular flexibility index (Phi) is 5.39. The molecule has 26 heavy (non-hydrogen) atoms. The zero-order valence-corrected chi connectivity index (χ0v) is 15.2. The van der Waals surface area contributed by atoms with Crippen LogP contribution in [0.5, 0.6) is 5.88 Å². The highest BCUT2D eigenvalue weighted by atomic mass is 35.5. The molecule has 0 fully saturated rings. The van der Waals surface area contributed by atoms with Crippen LogP contribution in [-0.2, 0) is 11.2 Å². The van der Waals surface area contributed by atoms with Crippen molar-refractivity contribution in [3.8, 4) is 5.88 Å². The maximum absolute atomic E-state index is 12.3. The number of nitrogens with zero attached hydrogens (tertiary/aromatic N) is 3. The van der Waals surface area contributed by atoms with Gasteiger partial charge in [0.2, 0.25) is 5.88 Å².